The molecule has 0 unspecified atom stereocenters. The number of nitrogens with zero attached hydrogens (tertiary/aromatic N) is 3. The van der Waals surface area contributed by atoms with Crippen LogP contribution in [0.3, 0.4) is 0 Å². The van der Waals surface area contributed by atoms with Gasteiger partial charge in [-0.1, -0.05) is 27.3 Å². The molecule has 0 fully saturated rings. The number of fused-ring (bicyclic) bond motifs is 3. The molecule has 0 saturated heterocycles. The summed E-state index contributed by atoms with van der Waals surface area (Å²) < 4.78 is 2.19. The van der Waals surface area contributed by atoms with Crippen molar-refractivity contribution in [2.45, 2.75) is 32.7 Å². The van der Waals surface area contributed by atoms with Crippen molar-refractivity contribution in [1.29, 1.82) is 0 Å². The summed E-state index contributed by atoms with van der Waals surface area (Å²) in [6, 6.07) is 6.37. The van der Waals surface area contributed by atoms with Crippen LogP contribution in [0.2, 0.25) is 0 Å². The normalized spacial score (nSPS) is 12.7. The standard InChI is InChI=1S/C16H16N3/c1-16(2,3)12-6-8-19-10-11-5-7-18-15(17-4)14(11)13(19)9-12/h5-9H,10H2,1-3H3/q+1. The maximum absolute atomic E-state index is 7.28. The van der Waals surface area contributed by atoms with Gasteiger partial charge in [0.15, 0.2) is 12.7 Å². The fourth-order valence-electron chi connectivity index (χ4n) is 2.52. The van der Waals surface area contributed by atoms with Crippen LogP contribution in [0, 0.1) is 6.57 Å². The molecule has 1 aliphatic rings. The maximum Gasteiger partial charge on any atom is 0.283 e. The summed E-state index contributed by atoms with van der Waals surface area (Å²) in [6.07, 6.45) is 3.84. The predicted octanol–water partition coefficient (Wildman–Crippen LogP) is 3.25. The Morgan fingerprint density at radius 2 is 2.11 bits per heavy atom. The maximum atomic E-state index is 7.28. The smallest absolute Gasteiger partial charge is 0.283 e. The Kier molecular flexibility index (Phi) is 2.43. The summed E-state index contributed by atoms with van der Waals surface area (Å²) >= 11 is 0. The van der Waals surface area contributed by atoms with Crippen LogP contribution in [0.15, 0.2) is 30.6 Å². The highest BCUT2D eigenvalue weighted by Crippen LogP contribution is 2.35. The van der Waals surface area contributed by atoms with Gasteiger partial charge in [-0.3, -0.25) is 0 Å². The van der Waals surface area contributed by atoms with Crippen molar-refractivity contribution in [2.75, 3.05) is 0 Å². The third kappa shape index (κ3) is 1.80. The molecule has 0 bridgehead atoms. The summed E-state index contributed by atoms with van der Waals surface area (Å²) in [7, 11) is 0. The van der Waals surface area contributed by atoms with Crippen LogP contribution in [-0.2, 0) is 12.0 Å². The van der Waals surface area contributed by atoms with Gasteiger partial charge in [0.05, 0.1) is 5.56 Å². The van der Waals surface area contributed by atoms with Gasteiger partial charge in [-0.25, -0.2) is 0 Å². The molecule has 2 aromatic rings. The molecule has 0 aliphatic carbocycles. The van der Waals surface area contributed by atoms with E-state index in [0.29, 0.717) is 5.82 Å². The molecule has 0 aromatic carbocycles. The fraction of sp³-hybridized carbons (Fsp3) is 0.312. The Hall–Kier alpha value is -2.21. The highest BCUT2D eigenvalue weighted by atomic mass is 15.0. The van der Waals surface area contributed by atoms with Crippen LogP contribution in [0.5, 0.6) is 0 Å². The molecular formula is C16H16N3+. The molecule has 94 valence electrons. The number of hydrogen-bond donors (Lipinski definition) is 0. The first-order valence-electron chi connectivity index (χ1n) is 6.40. The second-order valence-corrected chi connectivity index (χ2v) is 5.96. The van der Waals surface area contributed by atoms with Gasteiger partial charge in [0, 0.05) is 17.7 Å². The van der Waals surface area contributed by atoms with Crippen LogP contribution < -0.4 is 4.57 Å². The number of hydrogen-bond acceptors (Lipinski definition) is 1. The molecule has 3 heterocycles. The first kappa shape index (κ1) is 11.9. The van der Waals surface area contributed by atoms with Gasteiger partial charge in [0.1, 0.15) is 6.20 Å². The Labute approximate surface area is 113 Å². The molecule has 2 aromatic heterocycles. The molecule has 19 heavy (non-hydrogen) atoms. The second kappa shape index (κ2) is 3.89. The van der Waals surface area contributed by atoms with Crippen LogP contribution in [0.4, 0.5) is 5.82 Å². The Balaban J connectivity index is 2.25. The average molecular weight is 250 g/mol. The molecule has 0 atom stereocenters. The van der Waals surface area contributed by atoms with E-state index in [1.54, 1.807) is 6.20 Å². The number of pyridine rings is 2. The minimum Gasteiger partial charge on any atom is -0.360 e. The molecule has 0 radical (unpaired) electrons. The molecule has 0 saturated carbocycles. The summed E-state index contributed by atoms with van der Waals surface area (Å²) in [6.45, 7) is 14.7. The van der Waals surface area contributed by atoms with Crippen molar-refractivity contribution in [3.63, 3.8) is 0 Å². The molecule has 0 amide bonds. The molecule has 3 nitrogen and oxygen atoms in total. The second-order valence-electron chi connectivity index (χ2n) is 5.96. The van der Waals surface area contributed by atoms with E-state index in [1.807, 2.05) is 6.07 Å². The SMILES string of the molecule is [C-]#[N+]c1nccc2c1-c1cc(C(C)(C)C)cc[n+]1C2. The van der Waals surface area contributed by atoms with Gasteiger partial charge >= 0.3 is 0 Å². The lowest BCUT2D eigenvalue weighted by atomic mass is 9.87. The molecule has 0 spiro atoms. The van der Waals surface area contributed by atoms with Crippen molar-refractivity contribution in [2.24, 2.45) is 0 Å². The summed E-state index contributed by atoms with van der Waals surface area (Å²) in [5, 5.41) is 0. The van der Waals surface area contributed by atoms with Crippen LogP contribution in [0.1, 0.15) is 31.9 Å². The van der Waals surface area contributed by atoms with Gasteiger partial charge in [0.25, 0.3) is 5.82 Å². The van der Waals surface area contributed by atoms with E-state index < -0.39 is 0 Å². The van der Waals surface area contributed by atoms with Gasteiger partial charge < -0.3 is 4.85 Å². The Bertz CT molecular complexity index is 703. The number of aromatic nitrogens is 2. The van der Waals surface area contributed by atoms with Crippen LogP contribution in [0.25, 0.3) is 16.1 Å². The van der Waals surface area contributed by atoms with Crippen molar-refractivity contribution >= 4 is 5.82 Å². The van der Waals surface area contributed by atoms with E-state index in [-0.39, 0.29) is 5.41 Å². The van der Waals surface area contributed by atoms with Gasteiger partial charge in [-0.2, -0.15) is 4.57 Å². The lowest BCUT2D eigenvalue weighted by Crippen LogP contribution is -2.32. The predicted molar refractivity (Wildman–Crippen MR) is 73.9 cm³/mol. The van der Waals surface area contributed by atoms with Crippen molar-refractivity contribution in [3.8, 4) is 11.3 Å². The van der Waals surface area contributed by atoms with E-state index in [2.05, 4.69) is 53.5 Å². The monoisotopic (exact) mass is 250 g/mol. The molecule has 3 heteroatoms. The lowest BCUT2D eigenvalue weighted by Gasteiger charge is -2.18. The van der Waals surface area contributed by atoms with E-state index in [9.17, 15) is 0 Å². The largest absolute Gasteiger partial charge is 0.360 e. The van der Waals surface area contributed by atoms with Gasteiger partial charge in [-0.05, 0) is 17.0 Å². The third-order valence-electron chi connectivity index (χ3n) is 3.62. The Morgan fingerprint density at radius 1 is 1.32 bits per heavy atom. The zero-order valence-corrected chi connectivity index (χ0v) is 11.4. The summed E-state index contributed by atoms with van der Waals surface area (Å²) in [5.74, 6) is 0.509. The topological polar surface area (TPSA) is 21.1 Å². The minimum absolute atomic E-state index is 0.110. The van der Waals surface area contributed by atoms with E-state index in [4.69, 9.17) is 6.57 Å². The molecule has 1 aliphatic heterocycles. The first-order valence-corrected chi connectivity index (χ1v) is 6.40. The van der Waals surface area contributed by atoms with E-state index >= 15 is 0 Å². The van der Waals surface area contributed by atoms with Gasteiger partial charge in [-0.15, -0.1) is 4.98 Å². The van der Waals surface area contributed by atoms with E-state index in [1.165, 1.54) is 11.1 Å². The van der Waals surface area contributed by atoms with Crippen LogP contribution >= 0.6 is 0 Å². The quantitative estimate of drug-likeness (QED) is 0.443. The minimum atomic E-state index is 0.110. The molecular weight excluding hydrogens is 234 g/mol. The zero-order chi connectivity index (χ0) is 13.6. The van der Waals surface area contributed by atoms with Crippen molar-refractivity contribution < 1.29 is 4.57 Å². The highest BCUT2D eigenvalue weighted by molar-refractivity contribution is 5.76. The lowest BCUT2D eigenvalue weighted by molar-refractivity contribution is -0.672. The van der Waals surface area contributed by atoms with Crippen molar-refractivity contribution in [3.05, 3.63) is 53.1 Å². The fourth-order valence-corrected chi connectivity index (χ4v) is 2.52. The molecule has 3 rings (SSSR count). The van der Waals surface area contributed by atoms with Crippen LogP contribution in [-0.4, -0.2) is 4.98 Å². The summed E-state index contributed by atoms with van der Waals surface area (Å²) in [5.41, 5.74) is 4.70. The average Bonchev–Trinajstić information content (AvgIpc) is 2.75. The van der Waals surface area contributed by atoms with E-state index in [0.717, 1.165) is 17.8 Å². The zero-order valence-electron chi connectivity index (χ0n) is 11.4. The molecule has 0 N–H and O–H groups in total. The summed E-state index contributed by atoms with van der Waals surface area (Å²) in [4.78, 5) is 7.75. The third-order valence-corrected chi connectivity index (χ3v) is 3.62. The first-order chi connectivity index (χ1) is 9.00. The highest BCUT2D eigenvalue weighted by Gasteiger charge is 2.31. The van der Waals surface area contributed by atoms with Gasteiger partial charge in [0.2, 0.25) is 5.69 Å². The van der Waals surface area contributed by atoms with Crippen molar-refractivity contribution in [1.82, 2.24) is 4.98 Å². The number of rotatable bonds is 0. The Morgan fingerprint density at radius 3 is 2.79 bits per heavy atom.